The van der Waals surface area contributed by atoms with E-state index >= 15 is 0 Å². The van der Waals surface area contributed by atoms with Gasteiger partial charge in [-0.3, -0.25) is 0 Å². The molecule has 0 bridgehead atoms. The lowest BCUT2D eigenvalue weighted by atomic mass is 10.0. The molecule has 1 saturated carbocycles. The topological polar surface area (TPSA) is 32.3 Å². The van der Waals surface area contributed by atoms with Crippen LogP contribution < -0.4 is 5.32 Å². The van der Waals surface area contributed by atoms with Gasteiger partial charge in [-0.25, -0.2) is 4.39 Å². The normalized spacial score (nSPS) is 26.1. The molecule has 4 heteroatoms. The summed E-state index contributed by atoms with van der Waals surface area (Å²) in [5.41, 5.74) is 0.684. The minimum atomic E-state index is -0.308. The number of halogens is 2. The minimum absolute atomic E-state index is 0.0298. The predicted octanol–water partition coefficient (Wildman–Crippen LogP) is 3.83. The Labute approximate surface area is 131 Å². The van der Waals surface area contributed by atoms with Gasteiger partial charge in [-0.1, -0.05) is 44.5 Å². The Hall–Kier alpha value is -0.640. The third kappa shape index (κ3) is 3.77. The molecule has 2 nitrogen and oxygen atoms in total. The van der Waals surface area contributed by atoms with E-state index in [1.807, 2.05) is 6.07 Å². The van der Waals surface area contributed by atoms with E-state index in [9.17, 15) is 9.50 Å². The molecule has 1 aliphatic rings. The Balaban J connectivity index is 2.02. The van der Waals surface area contributed by atoms with E-state index in [1.165, 1.54) is 0 Å². The van der Waals surface area contributed by atoms with Crippen LogP contribution in [0.1, 0.15) is 38.7 Å². The van der Waals surface area contributed by atoms with E-state index in [0.717, 1.165) is 13.0 Å². The van der Waals surface area contributed by atoms with Gasteiger partial charge in [-0.05, 0) is 48.3 Å². The zero-order valence-corrected chi connectivity index (χ0v) is 13.7. The van der Waals surface area contributed by atoms with Gasteiger partial charge in [0.1, 0.15) is 5.82 Å². The molecular formula is C17H25ClFNO. The number of aliphatic hydroxyl groups excluding tert-OH is 1. The van der Waals surface area contributed by atoms with E-state index < -0.39 is 0 Å². The Morgan fingerprint density at radius 1 is 1.38 bits per heavy atom. The fourth-order valence-corrected chi connectivity index (χ4v) is 3.44. The summed E-state index contributed by atoms with van der Waals surface area (Å²) >= 11 is 5.87. The van der Waals surface area contributed by atoms with E-state index in [1.54, 1.807) is 12.1 Å². The van der Waals surface area contributed by atoms with Crippen LogP contribution in [0.25, 0.3) is 0 Å². The smallest absolute Gasteiger partial charge is 0.145 e. The molecule has 0 saturated heterocycles. The molecule has 118 valence electrons. The number of hydrogen-bond acceptors (Lipinski definition) is 2. The second kappa shape index (κ2) is 7.08. The first-order chi connectivity index (χ1) is 9.97. The van der Waals surface area contributed by atoms with Gasteiger partial charge < -0.3 is 10.4 Å². The molecule has 2 N–H and O–H groups in total. The largest absolute Gasteiger partial charge is 0.395 e. The summed E-state index contributed by atoms with van der Waals surface area (Å²) in [6, 6.07) is 5.21. The standard InChI is InChI=1S/C17H25ClFNO/c1-10(2)7-8-20-14(9-21)16-11(3)15(16)12-5-4-6-13(18)17(12)19/h4-6,10-11,14-16,20-21H,7-9H2,1-3H3/t11?,14-,15?,16?/m0/s1. The monoisotopic (exact) mass is 313 g/mol. The van der Waals surface area contributed by atoms with Crippen molar-refractivity contribution in [1.82, 2.24) is 5.32 Å². The van der Waals surface area contributed by atoms with Crippen molar-refractivity contribution in [2.45, 2.75) is 39.2 Å². The Morgan fingerprint density at radius 3 is 2.71 bits per heavy atom. The molecule has 0 spiro atoms. The fourth-order valence-electron chi connectivity index (χ4n) is 3.26. The Morgan fingerprint density at radius 2 is 2.10 bits per heavy atom. The lowest BCUT2D eigenvalue weighted by Crippen LogP contribution is -2.36. The molecule has 21 heavy (non-hydrogen) atoms. The third-order valence-electron chi connectivity index (χ3n) is 4.58. The second-order valence-electron chi connectivity index (χ2n) is 6.53. The first kappa shape index (κ1) is 16.7. The van der Waals surface area contributed by atoms with Crippen molar-refractivity contribution in [3.05, 3.63) is 34.6 Å². The van der Waals surface area contributed by atoms with Crippen LogP contribution in [0.2, 0.25) is 5.02 Å². The average Bonchev–Trinajstić information content (AvgIpc) is 3.09. The highest BCUT2D eigenvalue weighted by Crippen LogP contribution is 2.56. The molecule has 2 rings (SSSR count). The molecule has 0 aliphatic heterocycles. The van der Waals surface area contributed by atoms with Crippen LogP contribution in [0.15, 0.2) is 18.2 Å². The molecule has 3 unspecified atom stereocenters. The van der Waals surface area contributed by atoms with Crippen molar-refractivity contribution in [3.63, 3.8) is 0 Å². The highest BCUT2D eigenvalue weighted by atomic mass is 35.5. The second-order valence-corrected chi connectivity index (χ2v) is 6.94. The molecule has 1 aliphatic carbocycles. The summed E-state index contributed by atoms with van der Waals surface area (Å²) in [7, 11) is 0. The molecule has 0 radical (unpaired) electrons. The van der Waals surface area contributed by atoms with Crippen molar-refractivity contribution < 1.29 is 9.50 Å². The highest BCUT2D eigenvalue weighted by molar-refractivity contribution is 6.30. The molecular weight excluding hydrogens is 289 g/mol. The fraction of sp³-hybridized carbons (Fsp3) is 0.647. The third-order valence-corrected chi connectivity index (χ3v) is 4.87. The van der Waals surface area contributed by atoms with E-state index in [4.69, 9.17) is 11.6 Å². The van der Waals surface area contributed by atoms with Gasteiger partial charge in [-0.15, -0.1) is 0 Å². The quantitative estimate of drug-likeness (QED) is 0.802. The molecule has 0 amide bonds. The van der Waals surface area contributed by atoms with Crippen molar-refractivity contribution in [3.8, 4) is 0 Å². The van der Waals surface area contributed by atoms with Crippen LogP contribution in [0.4, 0.5) is 4.39 Å². The summed E-state index contributed by atoms with van der Waals surface area (Å²) in [6.07, 6.45) is 1.08. The van der Waals surface area contributed by atoms with Gasteiger partial charge in [0, 0.05) is 6.04 Å². The van der Waals surface area contributed by atoms with Crippen LogP contribution in [-0.2, 0) is 0 Å². The summed E-state index contributed by atoms with van der Waals surface area (Å²) in [5.74, 6) is 1.11. The van der Waals surface area contributed by atoms with Gasteiger partial charge in [-0.2, -0.15) is 0 Å². The molecule has 0 aromatic heterocycles. The van der Waals surface area contributed by atoms with Crippen LogP contribution in [0.3, 0.4) is 0 Å². The molecule has 4 atom stereocenters. The summed E-state index contributed by atoms with van der Waals surface area (Å²) < 4.78 is 14.1. The van der Waals surface area contributed by atoms with Crippen molar-refractivity contribution >= 4 is 11.6 Å². The Bertz CT molecular complexity index is 480. The molecule has 1 aromatic rings. The van der Waals surface area contributed by atoms with E-state index in [2.05, 4.69) is 26.1 Å². The molecule has 1 fully saturated rings. The number of hydrogen-bond donors (Lipinski definition) is 2. The first-order valence-electron chi connectivity index (χ1n) is 7.75. The molecule has 1 aromatic carbocycles. The maximum absolute atomic E-state index is 14.1. The van der Waals surface area contributed by atoms with Crippen LogP contribution in [0, 0.1) is 23.6 Å². The first-order valence-corrected chi connectivity index (χ1v) is 8.13. The average molecular weight is 314 g/mol. The van der Waals surface area contributed by atoms with Gasteiger partial charge >= 0.3 is 0 Å². The van der Waals surface area contributed by atoms with Gasteiger partial charge in [0.15, 0.2) is 0 Å². The van der Waals surface area contributed by atoms with Crippen molar-refractivity contribution in [2.24, 2.45) is 17.8 Å². The minimum Gasteiger partial charge on any atom is -0.395 e. The van der Waals surface area contributed by atoms with E-state index in [0.29, 0.717) is 17.4 Å². The summed E-state index contributed by atoms with van der Waals surface area (Å²) in [6.45, 7) is 7.45. The predicted molar refractivity (Wildman–Crippen MR) is 85.1 cm³/mol. The Kier molecular flexibility index (Phi) is 5.64. The van der Waals surface area contributed by atoms with Crippen molar-refractivity contribution in [1.29, 1.82) is 0 Å². The maximum atomic E-state index is 14.1. The number of benzene rings is 1. The summed E-state index contributed by atoms with van der Waals surface area (Å²) in [4.78, 5) is 0. The zero-order valence-electron chi connectivity index (χ0n) is 12.9. The van der Waals surface area contributed by atoms with Gasteiger partial charge in [0.05, 0.1) is 11.6 Å². The van der Waals surface area contributed by atoms with Crippen molar-refractivity contribution in [2.75, 3.05) is 13.2 Å². The lowest BCUT2D eigenvalue weighted by molar-refractivity contribution is 0.222. The number of aliphatic hydroxyl groups is 1. The van der Waals surface area contributed by atoms with Crippen LogP contribution in [-0.4, -0.2) is 24.3 Å². The van der Waals surface area contributed by atoms with E-state index in [-0.39, 0.29) is 35.3 Å². The lowest BCUT2D eigenvalue weighted by Gasteiger charge is -2.17. The van der Waals surface area contributed by atoms with Crippen LogP contribution >= 0.6 is 11.6 Å². The molecule has 0 heterocycles. The maximum Gasteiger partial charge on any atom is 0.145 e. The highest BCUT2D eigenvalue weighted by Gasteiger charge is 2.52. The van der Waals surface area contributed by atoms with Gasteiger partial charge in [0.25, 0.3) is 0 Å². The number of rotatable bonds is 7. The zero-order chi connectivity index (χ0) is 15.6. The van der Waals surface area contributed by atoms with Crippen LogP contribution in [0.5, 0.6) is 0 Å². The van der Waals surface area contributed by atoms with Gasteiger partial charge in [0.2, 0.25) is 0 Å². The number of nitrogens with one attached hydrogen (secondary N) is 1. The SMILES string of the molecule is CC(C)CCN[C@@H](CO)C1C(C)C1c1cccc(Cl)c1F. The summed E-state index contributed by atoms with van der Waals surface area (Å²) in [5, 5.41) is 13.2.